The number of carbonyl (C=O) groups is 3. The van der Waals surface area contributed by atoms with Gasteiger partial charge in [0.1, 0.15) is 17.3 Å². The van der Waals surface area contributed by atoms with Gasteiger partial charge in [-0.3, -0.25) is 4.79 Å². The molecule has 0 saturated heterocycles. The molecule has 0 amide bonds. The largest absolute Gasteiger partial charge is 0.504 e. The van der Waals surface area contributed by atoms with E-state index in [4.69, 9.17) is 9.52 Å². The first kappa shape index (κ1) is 39.0. The van der Waals surface area contributed by atoms with Crippen LogP contribution in [0.2, 0.25) is 0 Å². The number of carbonyl (C=O) groups excluding carboxylic acids is 3. The van der Waals surface area contributed by atoms with E-state index in [2.05, 4.69) is 11.9 Å². The number of allylic oxidation sites excluding steroid dienone is 2. The first-order valence-electron chi connectivity index (χ1n) is 8.99. The van der Waals surface area contributed by atoms with Crippen LogP contribution in [0.25, 0.3) is 0 Å². The van der Waals surface area contributed by atoms with Gasteiger partial charge < -0.3 is 19.1 Å². The van der Waals surface area contributed by atoms with Crippen LogP contribution in [-0.4, -0.2) is 52.1 Å². The molecule has 0 fully saturated rings. The van der Waals surface area contributed by atoms with Crippen molar-refractivity contribution in [2.24, 2.45) is 0 Å². The van der Waals surface area contributed by atoms with Crippen LogP contribution >= 0.6 is 0 Å². The van der Waals surface area contributed by atoms with Crippen LogP contribution in [0.15, 0.2) is 16.3 Å². The minimum atomic E-state index is -5.46. The number of rotatable bonds is 5. The average Bonchev–Trinajstić information content (AvgIpc) is 3.06. The molecule has 1 N–H and O–H groups in total. The summed E-state index contributed by atoms with van der Waals surface area (Å²) in [6.07, 6.45) is -21.8. The Morgan fingerprint density at radius 2 is 1.22 bits per heavy atom. The fraction of sp³-hybridized carbons (Fsp3) is 0.500. The Kier molecular flexibility index (Phi) is 15.8. The molecule has 0 bridgehead atoms. The Labute approximate surface area is 213 Å². The molecule has 0 saturated carbocycles. The molecule has 0 aliphatic carbocycles. The number of Topliss-reactive ketones (excluding diaryl/α,β-unsaturated/α-hetero) is 2. The number of alkyl halides is 12. The van der Waals surface area contributed by atoms with E-state index in [1.54, 1.807) is 0 Å². The molecule has 1 aromatic heterocycles. The van der Waals surface area contributed by atoms with Crippen molar-refractivity contribution in [2.75, 3.05) is 0 Å². The molecule has 0 atom stereocenters. The zero-order valence-electron chi connectivity index (χ0n) is 18.4. The molecule has 19 heteroatoms. The van der Waals surface area contributed by atoms with Crippen molar-refractivity contribution in [1.29, 1.82) is 0 Å². The maximum Gasteiger partial charge on any atom is 0.454 e. The molecular weight excluding hydrogens is 645 g/mol. The van der Waals surface area contributed by atoms with Crippen LogP contribution in [-0.2, 0) is 47.6 Å². The van der Waals surface area contributed by atoms with E-state index >= 15 is 0 Å². The molecule has 37 heavy (non-hydrogen) atoms. The van der Waals surface area contributed by atoms with Crippen molar-refractivity contribution < 1.29 is 97.0 Å². The Bertz CT molecular complexity index is 903. The third kappa shape index (κ3) is 16.0. The van der Waals surface area contributed by atoms with Gasteiger partial charge >= 0.3 is 24.7 Å². The van der Waals surface area contributed by atoms with Crippen LogP contribution in [0.4, 0.5) is 52.7 Å². The molecule has 0 aliphatic heterocycles. The molecule has 1 rings (SSSR count). The Balaban J connectivity index is -0.000000466. The number of hydrogen-bond donors (Lipinski definition) is 1. The first-order valence-corrected chi connectivity index (χ1v) is 8.99. The van der Waals surface area contributed by atoms with Crippen molar-refractivity contribution in [2.45, 2.75) is 58.3 Å². The van der Waals surface area contributed by atoms with E-state index in [-0.39, 0.29) is 20.4 Å². The van der Waals surface area contributed by atoms with E-state index in [1.165, 1.54) is 0 Å². The number of halogens is 12. The number of ketones is 3. The second kappa shape index (κ2) is 15.0. The van der Waals surface area contributed by atoms with Gasteiger partial charge in [-0.2, -0.15) is 52.7 Å². The fourth-order valence-electron chi connectivity index (χ4n) is 1.54. The van der Waals surface area contributed by atoms with Crippen molar-refractivity contribution in [3.8, 4) is 0 Å². The monoisotopic (exact) mass is 660 g/mol. The SMILES string of the molecule is CCc1nc(C)c(CC)o1.O=C(/C=C(\O)C(F)(F)F)C(F)(F)F.O=C([CH-]C(=O)C(F)(F)F)C(F)(F)F.[Pd]. The molecule has 1 heterocycles. The summed E-state index contributed by atoms with van der Waals surface area (Å²) in [5, 5.41) is 7.93. The second-order valence-corrected chi connectivity index (χ2v) is 6.08. The topological polar surface area (TPSA) is 97.5 Å². The molecule has 6 nitrogen and oxygen atoms in total. The smallest absolute Gasteiger partial charge is 0.454 e. The van der Waals surface area contributed by atoms with E-state index < -0.39 is 60.3 Å². The van der Waals surface area contributed by atoms with Gasteiger partial charge in [0.25, 0.3) is 5.78 Å². The Morgan fingerprint density at radius 1 is 0.811 bits per heavy atom. The van der Waals surface area contributed by atoms with Crippen LogP contribution in [0.3, 0.4) is 0 Å². The molecule has 1 aromatic rings. The predicted octanol–water partition coefficient (Wildman–Crippen LogP) is 5.68. The summed E-state index contributed by atoms with van der Waals surface area (Å²) in [5.74, 6) is -9.10. The summed E-state index contributed by atoms with van der Waals surface area (Å²) in [5.41, 5.74) is 1.04. The van der Waals surface area contributed by atoms with Crippen LogP contribution < -0.4 is 0 Å². The van der Waals surface area contributed by atoms with Gasteiger partial charge in [0.2, 0.25) is 5.76 Å². The van der Waals surface area contributed by atoms with Crippen molar-refractivity contribution >= 4 is 17.3 Å². The van der Waals surface area contributed by atoms with Gasteiger partial charge in [-0.15, -0.1) is 0 Å². The molecule has 218 valence electrons. The van der Waals surface area contributed by atoms with Crippen LogP contribution in [0.5, 0.6) is 0 Å². The standard InChI is InChI=1S/C8H13NO.C5H2F6O2.C5HF6O2.Pd/c1-4-7-6(3)9-8(5-2)10-7;2*6-4(7,8)2(12)1-3(13)5(9,10)11;/h4-5H2,1-3H3;1,12H;1H;/q;;-1;/b;2-1-;;. The number of aliphatic hydroxyl groups is 1. The summed E-state index contributed by atoms with van der Waals surface area (Å²) in [7, 11) is 0. The quantitative estimate of drug-likeness (QED) is 0.109. The number of oxazole rings is 1. The average molecular weight is 661 g/mol. The van der Waals surface area contributed by atoms with Gasteiger partial charge in [0.15, 0.2) is 5.89 Å². The number of aryl methyl sites for hydroxylation is 3. The summed E-state index contributed by atoms with van der Waals surface area (Å²) < 4.78 is 141. The molecule has 0 radical (unpaired) electrons. The number of hydrogen-bond acceptors (Lipinski definition) is 6. The maximum atomic E-state index is 11.4. The predicted molar refractivity (Wildman–Crippen MR) is 94.2 cm³/mol. The maximum absolute atomic E-state index is 11.4. The molecule has 0 spiro atoms. The third-order valence-corrected chi connectivity index (χ3v) is 3.22. The normalized spacial score (nSPS) is 12.2. The number of nitrogens with zero attached hydrogens (tertiary/aromatic N) is 1. The summed E-state index contributed by atoms with van der Waals surface area (Å²) in [6.45, 7) is 6.11. The van der Waals surface area contributed by atoms with E-state index in [0.717, 1.165) is 30.2 Å². The minimum Gasteiger partial charge on any atom is -0.504 e. The van der Waals surface area contributed by atoms with E-state index in [1.807, 2.05) is 13.8 Å². The number of aliphatic hydroxyl groups excluding tert-OH is 1. The zero-order valence-corrected chi connectivity index (χ0v) is 20.0. The van der Waals surface area contributed by atoms with Gasteiger partial charge in [0.05, 0.1) is 5.69 Å². The minimum absolute atomic E-state index is 0. The van der Waals surface area contributed by atoms with Gasteiger partial charge in [-0.1, -0.05) is 13.8 Å². The van der Waals surface area contributed by atoms with Crippen LogP contribution in [0.1, 0.15) is 31.2 Å². The fourth-order valence-corrected chi connectivity index (χ4v) is 1.54. The molecule has 0 aromatic carbocycles. The number of aromatic nitrogens is 1. The zero-order chi connectivity index (χ0) is 29.3. The third-order valence-electron chi connectivity index (χ3n) is 3.22. The van der Waals surface area contributed by atoms with Crippen molar-refractivity contribution in [3.05, 3.63) is 35.6 Å². The Morgan fingerprint density at radius 3 is 1.43 bits per heavy atom. The van der Waals surface area contributed by atoms with Crippen molar-refractivity contribution in [3.63, 3.8) is 0 Å². The summed E-state index contributed by atoms with van der Waals surface area (Å²) in [6, 6.07) is 0. The van der Waals surface area contributed by atoms with Crippen molar-refractivity contribution in [1.82, 2.24) is 4.98 Å². The molecule has 0 unspecified atom stereocenters. The van der Waals surface area contributed by atoms with Gasteiger partial charge in [-0.25, -0.2) is 11.4 Å². The first-order chi connectivity index (χ1) is 15.9. The molecular formula is C18H16F12NO5Pd-. The van der Waals surface area contributed by atoms with E-state index in [9.17, 15) is 67.1 Å². The Hall–Kier alpha value is -2.55. The van der Waals surface area contributed by atoms with Gasteiger partial charge in [-0.05, 0) is 6.92 Å². The van der Waals surface area contributed by atoms with Crippen LogP contribution in [0, 0.1) is 13.3 Å². The van der Waals surface area contributed by atoms with E-state index in [0.29, 0.717) is 0 Å². The summed E-state index contributed by atoms with van der Waals surface area (Å²) in [4.78, 5) is 33.7. The van der Waals surface area contributed by atoms with Gasteiger partial charge in [0, 0.05) is 39.3 Å². The second-order valence-electron chi connectivity index (χ2n) is 6.08. The molecule has 0 aliphatic rings. The summed E-state index contributed by atoms with van der Waals surface area (Å²) >= 11 is 0.